The molecule has 0 bridgehead atoms. The van der Waals surface area contributed by atoms with Gasteiger partial charge in [-0.3, -0.25) is 0 Å². The first-order chi connectivity index (χ1) is 5.91. The molecule has 70 valence electrons. The number of hydrogen-bond acceptors (Lipinski definition) is 3. The molecule has 0 radical (unpaired) electrons. The SMILES string of the molecule is C=CCSCC=CSSCCC. The molecule has 0 aliphatic rings. The van der Waals surface area contributed by atoms with Gasteiger partial charge in [0.1, 0.15) is 0 Å². The lowest BCUT2D eigenvalue weighted by atomic mass is 10.6. The lowest BCUT2D eigenvalue weighted by molar-refractivity contribution is 1.11. The van der Waals surface area contributed by atoms with Gasteiger partial charge in [-0.1, -0.05) is 40.7 Å². The first kappa shape index (κ1) is 12.5. The van der Waals surface area contributed by atoms with Crippen molar-refractivity contribution >= 4 is 33.3 Å². The van der Waals surface area contributed by atoms with E-state index in [1.165, 1.54) is 12.2 Å². The summed E-state index contributed by atoms with van der Waals surface area (Å²) in [6.07, 6.45) is 5.41. The maximum Gasteiger partial charge on any atom is 0.0124 e. The minimum atomic E-state index is 1.05. The maximum absolute atomic E-state index is 3.66. The minimum absolute atomic E-state index is 1.05. The lowest BCUT2D eigenvalue weighted by Gasteiger charge is -1.91. The minimum Gasteiger partial charge on any atom is -0.154 e. The van der Waals surface area contributed by atoms with E-state index in [1.54, 1.807) is 0 Å². The molecule has 0 aromatic carbocycles. The summed E-state index contributed by atoms with van der Waals surface area (Å²) in [5.74, 6) is 3.40. The molecular formula is C9H16S3. The van der Waals surface area contributed by atoms with Crippen molar-refractivity contribution in [1.82, 2.24) is 0 Å². The summed E-state index contributed by atoms with van der Waals surface area (Å²) in [6.45, 7) is 5.87. The molecule has 0 atom stereocenters. The molecule has 0 nitrogen and oxygen atoms in total. The summed E-state index contributed by atoms with van der Waals surface area (Å²) in [5, 5.41) is 2.18. The van der Waals surface area contributed by atoms with Crippen LogP contribution in [0.4, 0.5) is 0 Å². The van der Waals surface area contributed by atoms with Crippen LogP contribution in [0.3, 0.4) is 0 Å². The molecular weight excluding hydrogens is 204 g/mol. The van der Waals surface area contributed by atoms with Gasteiger partial charge in [-0.05, 0) is 11.8 Å². The highest BCUT2D eigenvalue weighted by Crippen LogP contribution is 2.22. The standard InChI is InChI=1S/C9H16S3/c1-3-6-10-8-5-9-12-11-7-4-2/h3,5,9H,1,4,6-8H2,2H3. The summed E-state index contributed by atoms with van der Waals surface area (Å²) in [7, 11) is 3.75. The molecule has 0 aromatic rings. The maximum atomic E-state index is 3.66. The largest absolute Gasteiger partial charge is 0.154 e. The van der Waals surface area contributed by atoms with Gasteiger partial charge in [0.25, 0.3) is 0 Å². The highest BCUT2D eigenvalue weighted by molar-refractivity contribution is 8.77. The van der Waals surface area contributed by atoms with E-state index in [0.717, 1.165) is 11.5 Å². The smallest absolute Gasteiger partial charge is 0.0124 e. The molecule has 0 heterocycles. The zero-order valence-corrected chi connectivity index (χ0v) is 9.94. The molecule has 12 heavy (non-hydrogen) atoms. The van der Waals surface area contributed by atoms with Crippen LogP contribution in [0, 0.1) is 0 Å². The van der Waals surface area contributed by atoms with Crippen molar-refractivity contribution in [3.05, 3.63) is 24.1 Å². The Morgan fingerprint density at radius 1 is 1.33 bits per heavy atom. The van der Waals surface area contributed by atoms with Crippen LogP contribution in [0.5, 0.6) is 0 Å². The quantitative estimate of drug-likeness (QED) is 0.342. The molecule has 0 spiro atoms. The van der Waals surface area contributed by atoms with Gasteiger partial charge < -0.3 is 0 Å². The Kier molecular flexibility index (Phi) is 12.0. The second kappa shape index (κ2) is 11.5. The Balaban J connectivity index is 2.98. The van der Waals surface area contributed by atoms with E-state index in [0.29, 0.717) is 0 Å². The highest BCUT2D eigenvalue weighted by Gasteiger charge is 1.82. The van der Waals surface area contributed by atoms with Crippen LogP contribution in [0.2, 0.25) is 0 Å². The molecule has 0 aromatic heterocycles. The molecule has 0 saturated carbocycles. The van der Waals surface area contributed by atoms with Gasteiger partial charge in [-0.25, -0.2) is 0 Å². The van der Waals surface area contributed by atoms with E-state index in [-0.39, 0.29) is 0 Å². The Bertz CT molecular complexity index is 121. The van der Waals surface area contributed by atoms with E-state index in [9.17, 15) is 0 Å². The van der Waals surface area contributed by atoms with Gasteiger partial charge in [0.15, 0.2) is 0 Å². The third-order valence-corrected chi connectivity index (χ3v) is 4.11. The summed E-state index contributed by atoms with van der Waals surface area (Å²) in [6, 6.07) is 0. The van der Waals surface area contributed by atoms with Crippen molar-refractivity contribution in [3.8, 4) is 0 Å². The lowest BCUT2D eigenvalue weighted by Crippen LogP contribution is -1.71. The van der Waals surface area contributed by atoms with Gasteiger partial charge >= 0.3 is 0 Å². The van der Waals surface area contributed by atoms with Crippen molar-refractivity contribution in [1.29, 1.82) is 0 Å². The second-order valence-electron chi connectivity index (χ2n) is 2.12. The first-order valence-electron chi connectivity index (χ1n) is 4.03. The van der Waals surface area contributed by atoms with Gasteiger partial charge in [-0.2, -0.15) is 11.8 Å². The third-order valence-electron chi connectivity index (χ3n) is 0.957. The monoisotopic (exact) mass is 220 g/mol. The van der Waals surface area contributed by atoms with Crippen LogP contribution in [0.15, 0.2) is 24.1 Å². The van der Waals surface area contributed by atoms with Crippen molar-refractivity contribution < 1.29 is 0 Å². The fourth-order valence-electron chi connectivity index (χ4n) is 0.469. The summed E-state index contributed by atoms with van der Waals surface area (Å²) in [5.41, 5.74) is 0. The van der Waals surface area contributed by atoms with Crippen molar-refractivity contribution in [2.45, 2.75) is 13.3 Å². The third kappa shape index (κ3) is 10.5. The molecule has 0 saturated heterocycles. The second-order valence-corrected chi connectivity index (χ2v) is 5.58. The topological polar surface area (TPSA) is 0 Å². The van der Waals surface area contributed by atoms with Gasteiger partial charge in [0.2, 0.25) is 0 Å². The van der Waals surface area contributed by atoms with E-state index in [4.69, 9.17) is 0 Å². The Morgan fingerprint density at radius 3 is 2.83 bits per heavy atom. The molecule has 0 amide bonds. The predicted octanol–water partition coefficient (Wildman–Crippen LogP) is 4.21. The summed E-state index contributed by atoms with van der Waals surface area (Å²) < 4.78 is 0. The zero-order chi connectivity index (χ0) is 9.07. The van der Waals surface area contributed by atoms with Gasteiger partial charge in [0, 0.05) is 17.3 Å². The van der Waals surface area contributed by atoms with Crippen molar-refractivity contribution in [2.75, 3.05) is 17.3 Å². The van der Waals surface area contributed by atoms with Crippen LogP contribution >= 0.6 is 33.3 Å². The molecule has 0 aliphatic heterocycles. The van der Waals surface area contributed by atoms with E-state index < -0.39 is 0 Å². The predicted molar refractivity (Wildman–Crippen MR) is 67.0 cm³/mol. The number of thioether (sulfide) groups is 1. The van der Waals surface area contributed by atoms with Crippen LogP contribution in [-0.4, -0.2) is 17.3 Å². The Labute approximate surface area is 88.0 Å². The molecule has 0 fully saturated rings. The van der Waals surface area contributed by atoms with Gasteiger partial charge in [-0.15, -0.1) is 6.58 Å². The normalized spacial score (nSPS) is 10.8. The molecule has 0 unspecified atom stereocenters. The fourth-order valence-corrected chi connectivity index (χ4v) is 2.90. The average molecular weight is 220 g/mol. The van der Waals surface area contributed by atoms with Crippen LogP contribution in [0.1, 0.15) is 13.3 Å². The van der Waals surface area contributed by atoms with Crippen molar-refractivity contribution in [2.24, 2.45) is 0 Å². The van der Waals surface area contributed by atoms with Gasteiger partial charge in [0.05, 0.1) is 0 Å². The van der Waals surface area contributed by atoms with Crippen LogP contribution in [0.25, 0.3) is 0 Å². The Morgan fingerprint density at radius 2 is 2.17 bits per heavy atom. The summed E-state index contributed by atoms with van der Waals surface area (Å²) >= 11 is 1.89. The molecule has 0 aliphatic carbocycles. The Hall–Kier alpha value is 0.530. The number of rotatable bonds is 8. The average Bonchev–Trinajstić information content (AvgIpc) is 2.10. The molecule has 0 N–H and O–H groups in total. The zero-order valence-electron chi connectivity index (χ0n) is 7.49. The molecule has 3 heteroatoms. The molecule has 0 rings (SSSR count). The van der Waals surface area contributed by atoms with Crippen LogP contribution in [-0.2, 0) is 0 Å². The first-order valence-corrected chi connectivity index (χ1v) is 7.57. The fraction of sp³-hybridized carbons (Fsp3) is 0.556. The number of hydrogen-bond donors (Lipinski definition) is 0. The van der Waals surface area contributed by atoms with E-state index in [2.05, 4.69) is 25.0 Å². The van der Waals surface area contributed by atoms with E-state index in [1.807, 2.05) is 39.4 Å². The van der Waals surface area contributed by atoms with Crippen molar-refractivity contribution in [3.63, 3.8) is 0 Å². The highest BCUT2D eigenvalue weighted by atomic mass is 33.1. The van der Waals surface area contributed by atoms with E-state index >= 15 is 0 Å². The summed E-state index contributed by atoms with van der Waals surface area (Å²) in [4.78, 5) is 0. The van der Waals surface area contributed by atoms with Crippen LogP contribution < -0.4 is 0 Å².